The Morgan fingerprint density at radius 1 is 1.09 bits per heavy atom. The van der Waals surface area contributed by atoms with Crippen molar-refractivity contribution >= 4 is 63.9 Å². The number of anilines is 2. The van der Waals surface area contributed by atoms with Crippen molar-refractivity contribution in [3.63, 3.8) is 0 Å². The molecule has 0 spiro atoms. The van der Waals surface area contributed by atoms with Crippen molar-refractivity contribution in [1.29, 1.82) is 0 Å². The highest BCUT2D eigenvalue weighted by atomic mass is 35.5. The number of nitrogens with one attached hydrogen (secondary N) is 2. The topological polar surface area (TPSA) is 108 Å². The van der Waals surface area contributed by atoms with E-state index in [0.29, 0.717) is 35.1 Å². The van der Waals surface area contributed by atoms with E-state index in [1.54, 1.807) is 30.3 Å². The highest BCUT2D eigenvalue weighted by Gasteiger charge is 2.35. The Morgan fingerprint density at radius 2 is 1.78 bits per heavy atom. The molecule has 2 aliphatic rings. The zero-order chi connectivity index (χ0) is 22.8. The number of halogens is 1. The largest absolute Gasteiger partial charge is 0.368 e. The van der Waals surface area contributed by atoms with Crippen molar-refractivity contribution in [2.45, 2.75) is 0 Å². The minimum Gasteiger partial charge on any atom is -0.368 e. The van der Waals surface area contributed by atoms with E-state index in [-0.39, 0.29) is 16.4 Å². The molecule has 0 radical (unpaired) electrons. The van der Waals surface area contributed by atoms with Crippen LogP contribution >= 0.6 is 23.8 Å². The van der Waals surface area contributed by atoms with Gasteiger partial charge in [-0.1, -0.05) is 11.6 Å². The number of non-ortho nitro benzene ring substituents is 1. The summed E-state index contributed by atoms with van der Waals surface area (Å²) in [5.74, 6) is -1.29. The Labute approximate surface area is 193 Å². The van der Waals surface area contributed by atoms with Crippen molar-refractivity contribution in [3.05, 3.63) is 68.7 Å². The first-order chi connectivity index (χ1) is 15.3. The summed E-state index contributed by atoms with van der Waals surface area (Å²) in [5, 5.41) is 17.5. The minimum absolute atomic E-state index is 0.0548. The number of nitro benzene ring substituents is 1. The van der Waals surface area contributed by atoms with E-state index in [1.165, 1.54) is 23.1 Å². The van der Waals surface area contributed by atoms with E-state index < -0.39 is 16.7 Å². The minimum atomic E-state index is -0.664. The van der Waals surface area contributed by atoms with E-state index in [9.17, 15) is 19.7 Å². The summed E-state index contributed by atoms with van der Waals surface area (Å²) in [6.07, 6.45) is 1.38. The van der Waals surface area contributed by atoms with Crippen LogP contribution in [0.3, 0.4) is 0 Å². The van der Waals surface area contributed by atoms with Crippen LogP contribution in [0.1, 0.15) is 5.56 Å². The molecular formula is C21H18ClN5O4S. The van der Waals surface area contributed by atoms with Gasteiger partial charge in [0.1, 0.15) is 5.57 Å². The van der Waals surface area contributed by atoms with Gasteiger partial charge in [0.2, 0.25) is 0 Å². The lowest BCUT2D eigenvalue weighted by molar-refractivity contribution is -0.384. The second kappa shape index (κ2) is 9.03. The molecule has 32 heavy (non-hydrogen) atoms. The van der Waals surface area contributed by atoms with Crippen molar-refractivity contribution in [2.75, 3.05) is 36.0 Å². The molecule has 2 N–H and O–H groups in total. The molecule has 164 valence electrons. The predicted octanol–water partition coefficient (Wildman–Crippen LogP) is 2.49. The first-order valence-electron chi connectivity index (χ1n) is 9.76. The zero-order valence-electron chi connectivity index (χ0n) is 16.7. The Hall–Kier alpha value is -3.34. The number of carbonyl (C=O) groups is 2. The van der Waals surface area contributed by atoms with E-state index >= 15 is 0 Å². The number of hydrogen-bond donors (Lipinski definition) is 2. The standard InChI is InChI=1S/C21H18ClN5O4S/c22-14-1-3-15(4-2-14)26-20(29)17(19(28)24-21(26)32)12-13-11-16(27(30)31)5-6-18(13)25-9-7-23-8-10-25/h1-6,11-12,23H,7-10H2,(H,24,28,32)/b17-12-. The lowest BCUT2D eigenvalue weighted by atomic mass is 10.0. The third-order valence-electron chi connectivity index (χ3n) is 5.17. The molecule has 9 nitrogen and oxygen atoms in total. The molecule has 0 aliphatic carbocycles. The molecule has 0 unspecified atom stereocenters. The van der Waals surface area contributed by atoms with Gasteiger partial charge in [-0.2, -0.15) is 0 Å². The third-order valence-corrected chi connectivity index (χ3v) is 5.70. The van der Waals surface area contributed by atoms with Crippen LogP contribution in [-0.2, 0) is 9.59 Å². The summed E-state index contributed by atoms with van der Waals surface area (Å²) >= 11 is 11.1. The van der Waals surface area contributed by atoms with Crippen LogP contribution < -0.4 is 20.4 Å². The molecule has 2 aromatic carbocycles. The van der Waals surface area contributed by atoms with Gasteiger partial charge >= 0.3 is 0 Å². The van der Waals surface area contributed by atoms with Gasteiger partial charge in [0, 0.05) is 54.6 Å². The number of thiocarbonyl (C=S) groups is 1. The first-order valence-corrected chi connectivity index (χ1v) is 10.5. The van der Waals surface area contributed by atoms with Crippen LogP contribution in [0.5, 0.6) is 0 Å². The average molecular weight is 472 g/mol. The zero-order valence-corrected chi connectivity index (χ0v) is 18.3. The molecule has 2 aromatic rings. The van der Waals surface area contributed by atoms with E-state index in [1.807, 2.05) is 0 Å². The summed E-state index contributed by atoms with van der Waals surface area (Å²) in [4.78, 5) is 40.0. The smallest absolute Gasteiger partial charge is 0.270 e. The van der Waals surface area contributed by atoms with Crippen LogP contribution in [0, 0.1) is 10.1 Å². The molecule has 11 heteroatoms. The van der Waals surface area contributed by atoms with Gasteiger partial charge in [0.25, 0.3) is 17.5 Å². The Morgan fingerprint density at radius 3 is 2.44 bits per heavy atom. The van der Waals surface area contributed by atoms with Gasteiger partial charge in [-0.05, 0) is 48.6 Å². The number of carbonyl (C=O) groups excluding carboxylic acids is 2. The number of hydrogen-bond acceptors (Lipinski definition) is 7. The van der Waals surface area contributed by atoms with Crippen molar-refractivity contribution in [3.8, 4) is 0 Å². The maximum absolute atomic E-state index is 13.3. The van der Waals surface area contributed by atoms with Crippen molar-refractivity contribution in [2.24, 2.45) is 0 Å². The maximum atomic E-state index is 13.3. The van der Waals surface area contributed by atoms with Crippen LogP contribution in [0.25, 0.3) is 6.08 Å². The molecule has 4 rings (SSSR count). The summed E-state index contributed by atoms with van der Waals surface area (Å²) in [6, 6.07) is 10.9. The Kier molecular flexibility index (Phi) is 6.17. The molecule has 2 saturated heterocycles. The van der Waals surface area contributed by atoms with Crippen molar-refractivity contribution in [1.82, 2.24) is 10.6 Å². The molecule has 2 heterocycles. The van der Waals surface area contributed by atoms with Gasteiger partial charge in [0.15, 0.2) is 5.11 Å². The predicted molar refractivity (Wildman–Crippen MR) is 126 cm³/mol. The van der Waals surface area contributed by atoms with Gasteiger partial charge in [-0.15, -0.1) is 0 Å². The highest BCUT2D eigenvalue weighted by Crippen LogP contribution is 2.30. The second-order valence-electron chi connectivity index (χ2n) is 7.17. The van der Waals surface area contributed by atoms with Crippen LogP contribution in [0.4, 0.5) is 17.1 Å². The fourth-order valence-electron chi connectivity index (χ4n) is 3.60. The normalized spacial score (nSPS) is 18.2. The second-order valence-corrected chi connectivity index (χ2v) is 7.99. The van der Waals surface area contributed by atoms with Gasteiger partial charge in [-0.25, -0.2) is 0 Å². The molecule has 2 fully saturated rings. The maximum Gasteiger partial charge on any atom is 0.270 e. The number of nitrogens with zero attached hydrogens (tertiary/aromatic N) is 3. The number of amides is 2. The van der Waals surface area contributed by atoms with Gasteiger partial charge in [-0.3, -0.25) is 29.9 Å². The highest BCUT2D eigenvalue weighted by molar-refractivity contribution is 7.80. The Bertz CT molecular complexity index is 1150. The summed E-state index contributed by atoms with van der Waals surface area (Å²) < 4.78 is 0. The molecule has 0 atom stereocenters. The van der Waals surface area contributed by atoms with Gasteiger partial charge in [0.05, 0.1) is 10.6 Å². The molecule has 2 aliphatic heterocycles. The van der Waals surface area contributed by atoms with E-state index in [4.69, 9.17) is 23.8 Å². The number of piperazine rings is 1. The summed E-state index contributed by atoms with van der Waals surface area (Å²) in [6.45, 7) is 2.89. The first kappa shape index (κ1) is 21.9. The number of benzene rings is 2. The van der Waals surface area contributed by atoms with E-state index in [2.05, 4.69) is 15.5 Å². The monoisotopic (exact) mass is 471 g/mol. The average Bonchev–Trinajstić information content (AvgIpc) is 2.78. The third kappa shape index (κ3) is 4.33. The fourth-order valence-corrected chi connectivity index (χ4v) is 4.01. The molecule has 0 saturated carbocycles. The number of nitro groups is 1. The van der Waals surface area contributed by atoms with Crippen LogP contribution in [0.2, 0.25) is 5.02 Å². The van der Waals surface area contributed by atoms with Crippen LogP contribution in [0.15, 0.2) is 48.0 Å². The SMILES string of the molecule is O=C1NC(=S)N(c2ccc(Cl)cc2)C(=O)/C1=C\c1cc([N+](=O)[O-])ccc1N1CCNCC1. The lowest BCUT2D eigenvalue weighted by Gasteiger charge is -2.31. The summed E-state index contributed by atoms with van der Waals surface area (Å²) in [7, 11) is 0. The molecule has 2 amide bonds. The molecular weight excluding hydrogens is 454 g/mol. The summed E-state index contributed by atoms with van der Waals surface area (Å²) in [5.41, 5.74) is 1.24. The number of rotatable bonds is 4. The quantitative estimate of drug-likeness (QED) is 0.232. The van der Waals surface area contributed by atoms with Crippen LogP contribution in [-0.4, -0.2) is 48.0 Å². The molecule has 0 aromatic heterocycles. The molecule has 0 bridgehead atoms. The van der Waals surface area contributed by atoms with Crippen molar-refractivity contribution < 1.29 is 14.5 Å². The lowest BCUT2D eigenvalue weighted by Crippen LogP contribution is -2.54. The van der Waals surface area contributed by atoms with E-state index in [0.717, 1.165) is 13.1 Å². The van der Waals surface area contributed by atoms with Gasteiger partial charge < -0.3 is 10.2 Å². The Balaban J connectivity index is 1.78. The fraction of sp³-hybridized carbons (Fsp3) is 0.190.